The van der Waals surface area contributed by atoms with E-state index in [0.29, 0.717) is 23.5 Å². The molecule has 0 aliphatic heterocycles. The van der Waals surface area contributed by atoms with Crippen LogP contribution in [0.25, 0.3) is 27.8 Å². The van der Waals surface area contributed by atoms with Crippen LogP contribution in [0.3, 0.4) is 0 Å². The zero-order chi connectivity index (χ0) is 24.4. The van der Waals surface area contributed by atoms with Crippen molar-refractivity contribution in [2.75, 3.05) is 14.2 Å². The van der Waals surface area contributed by atoms with Gasteiger partial charge in [-0.2, -0.15) is 5.10 Å². The van der Waals surface area contributed by atoms with Gasteiger partial charge < -0.3 is 14.0 Å². The van der Waals surface area contributed by atoms with Crippen LogP contribution in [0.4, 0.5) is 0 Å². The van der Waals surface area contributed by atoms with Gasteiger partial charge in [0, 0.05) is 23.8 Å². The molecule has 2 heterocycles. The lowest BCUT2D eigenvalue weighted by atomic mass is 10.0. The highest BCUT2D eigenvalue weighted by molar-refractivity contribution is 6.07. The summed E-state index contributed by atoms with van der Waals surface area (Å²) in [4.78, 5) is 25.8. The van der Waals surface area contributed by atoms with E-state index in [0.717, 1.165) is 10.9 Å². The van der Waals surface area contributed by atoms with Crippen molar-refractivity contribution in [2.24, 2.45) is 0 Å². The Kier molecular flexibility index (Phi) is 5.89. The number of fused-ring (bicyclic) bond motifs is 1. The summed E-state index contributed by atoms with van der Waals surface area (Å²) in [7, 11) is 2.55. The summed E-state index contributed by atoms with van der Waals surface area (Å²) < 4.78 is 13.6. The third-order valence-electron chi connectivity index (χ3n) is 5.90. The van der Waals surface area contributed by atoms with E-state index in [1.165, 1.54) is 24.5 Å². The zero-order valence-corrected chi connectivity index (χ0v) is 19.3. The number of esters is 2. The Hall–Kier alpha value is -4.65. The Morgan fingerprint density at radius 1 is 0.829 bits per heavy atom. The molecule has 35 heavy (non-hydrogen) atoms. The van der Waals surface area contributed by atoms with Gasteiger partial charge in [-0.15, -0.1) is 0 Å². The average molecular weight is 466 g/mol. The van der Waals surface area contributed by atoms with Crippen molar-refractivity contribution < 1.29 is 19.1 Å². The molecule has 0 unspecified atom stereocenters. The van der Waals surface area contributed by atoms with Crippen LogP contribution in [0.5, 0.6) is 0 Å². The lowest BCUT2D eigenvalue weighted by molar-refractivity contribution is 0.0549. The van der Waals surface area contributed by atoms with Crippen LogP contribution in [0, 0.1) is 0 Å². The molecule has 5 aromatic rings. The second-order valence-corrected chi connectivity index (χ2v) is 8.01. The smallest absolute Gasteiger partial charge is 0.357 e. The molecule has 0 bridgehead atoms. The number of carbonyl (C=O) groups excluding carboxylic acids is 2. The fraction of sp³-hybridized carbons (Fsp3) is 0.107. The molecule has 2 aromatic heterocycles. The number of nitrogens with zero attached hydrogens (tertiary/aromatic N) is 3. The first-order chi connectivity index (χ1) is 17.1. The number of benzene rings is 3. The minimum Gasteiger partial charge on any atom is -0.465 e. The van der Waals surface area contributed by atoms with E-state index in [4.69, 9.17) is 14.6 Å². The molecule has 0 N–H and O–H groups in total. The Balaban J connectivity index is 1.71. The molecule has 0 atom stereocenters. The SMILES string of the molecule is COC(=O)c1c(-c2ccc3ccn(Cc4ccccc4)c3c2)nn(-c2ccccc2)c1C(=O)OC. The molecule has 174 valence electrons. The van der Waals surface area contributed by atoms with Gasteiger partial charge in [-0.1, -0.05) is 60.7 Å². The predicted octanol–water partition coefficient (Wildman–Crippen LogP) is 5.12. The van der Waals surface area contributed by atoms with Gasteiger partial charge in [-0.25, -0.2) is 14.3 Å². The van der Waals surface area contributed by atoms with Gasteiger partial charge in [0.15, 0.2) is 5.69 Å². The summed E-state index contributed by atoms with van der Waals surface area (Å²) in [6.45, 7) is 0.698. The lowest BCUT2D eigenvalue weighted by Crippen LogP contribution is -2.15. The molecule has 3 aromatic carbocycles. The maximum absolute atomic E-state index is 12.9. The average Bonchev–Trinajstić information content (AvgIpc) is 3.50. The predicted molar refractivity (Wildman–Crippen MR) is 133 cm³/mol. The second kappa shape index (κ2) is 9.30. The molecule has 5 rings (SSSR count). The van der Waals surface area contributed by atoms with Gasteiger partial charge in [0.2, 0.25) is 0 Å². The number of rotatable bonds is 6. The quantitative estimate of drug-likeness (QED) is 0.326. The molecule has 0 aliphatic carbocycles. The summed E-state index contributed by atoms with van der Waals surface area (Å²) in [5.41, 5.74) is 3.88. The minimum absolute atomic E-state index is 0.0142. The van der Waals surface area contributed by atoms with E-state index < -0.39 is 11.9 Å². The van der Waals surface area contributed by atoms with Crippen LogP contribution in [0.15, 0.2) is 91.1 Å². The summed E-state index contributed by atoms with van der Waals surface area (Å²) >= 11 is 0. The van der Waals surface area contributed by atoms with Crippen LogP contribution in [0.2, 0.25) is 0 Å². The first-order valence-electron chi connectivity index (χ1n) is 11.1. The number of hydrogen-bond acceptors (Lipinski definition) is 5. The molecular weight excluding hydrogens is 442 g/mol. The summed E-state index contributed by atoms with van der Waals surface area (Å²) in [5, 5.41) is 5.75. The normalized spacial score (nSPS) is 10.9. The summed E-state index contributed by atoms with van der Waals surface area (Å²) in [6, 6.07) is 27.2. The number of methoxy groups -OCH3 is 2. The van der Waals surface area contributed by atoms with Crippen molar-refractivity contribution in [1.29, 1.82) is 0 Å². The van der Waals surface area contributed by atoms with E-state index in [1.807, 2.05) is 66.9 Å². The monoisotopic (exact) mass is 465 g/mol. The van der Waals surface area contributed by atoms with Gasteiger partial charge in [0.05, 0.1) is 19.9 Å². The molecule has 0 spiro atoms. The highest BCUT2D eigenvalue weighted by Crippen LogP contribution is 2.31. The molecule has 0 amide bonds. The minimum atomic E-state index is -0.679. The number of hydrogen-bond donors (Lipinski definition) is 0. The van der Waals surface area contributed by atoms with Crippen LogP contribution >= 0.6 is 0 Å². The Bertz CT molecular complexity index is 1520. The van der Waals surface area contributed by atoms with E-state index >= 15 is 0 Å². The Morgan fingerprint density at radius 2 is 1.51 bits per heavy atom. The van der Waals surface area contributed by atoms with E-state index in [1.54, 1.807) is 12.1 Å². The molecule has 0 fully saturated rings. The molecule has 7 nitrogen and oxygen atoms in total. The van der Waals surface area contributed by atoms with Crippen LogP contribution in [0.1, 0.15) is 26.4 Å². The first-order valence-corrected chi connectivity index (χ1v) is 11.1. The van der Waals surface area contributed by atoms with Crippen molar-refractivity contribution in [1.82, 2.24) is 14.3 Å². The van der Waals surface area contributed by atoms with Crippen molar-refractivity contribution in [2.45, 2.75) is 6.54 Å². The third-order valence-corrected chi connectivity index (χ3v) is 5.90. The van der Waals surface area contributed by atoms with Crippen molar-refractivity contribution >= 4 is 22.8 Å². The maximum atomic E-state index is 12.9. The van der Waals surface area contributed by atoms with Crippen LogP contribution in [-0.2, 0) is 16.0 Å². The van der Waals surface area contributed by atoms with Gasteiger partial charge in [0.1, 0.15) is 11.3 Å². The fourth-order valence-corrected chi connectivity index (χ4v) is 4.21. The molecular formula is C28H23N3O4. The summed E-state index contributed by atoms with van der Waals surface area (Å²) in [5.74, 6) is -1.34. The van der Waals surface area contributed by atoms with E-state index in [-0.39, 0.29) is 11.3 Å². The fourth-order valence-electron chi connectivity index (χ4n) is 4.21. The summed E-state index contributed by atoms with van der Waals surface area (Å²) in [6.07, 6.45) is 2.03. The topological polar surface area (TPSA) is 75.4 Å². The standard InChI is InChI=1S/C28H23N3O4/c1-34-27(32)24-25(29-31(26(24)28(33)35-2)22-11-7-4-8-12-22)21-14-13-20-15-16-30(23(20)17-21)18-19-9-5-3-6-10-19/h3-17H,18H2,1-2H3. The van der Waals surface area contributed by atoms with Gasteiger partial charge >= 0.3 is 11.9 Å². The number of aromatic nitrogens is 3. The largest absolute Gasteiger partial charge is 0.465 e. The molecule has 7 heteroatoms. The van der Waals surface area contributed by atoms with Crippen molar-refractivity contribution in [3.63, 3.8) is 0 Å². The van der Waals surface area contributed by atoms with Gasteiger partial charge in [0.25, 0.3) is 0 Å². The number of carbonyl (C=O) groups is 2. The molecule has 0 aliphatic rings. The molecule has 0 saturated heterocycles. The lowest BCUT2D eigenvalue weighted by Gasteiger charge is -2.08. The van der Waals surface area contributed by atoms with Crippen molar-refractivity contribution in [3.8, 4) is 16.9 Å². The first kappa shape index (κ1) is 22.2. The highest BCUT2D eigenvalue weighted by atomic mass is 16.5. The van der Waals surface area contributed by atoms with Gasteiger partial charge in [-0.3, -0.25) is 0 Å². The zero-order valence-electron chi connectivity index (χ0n) is 19.3. The van der Waals surface area contributed by atoms with E-state index in [2.05, 4.69) is 16.7 Å². The number of ether oxygens (including phenoxy) is 2. The highest BCUT2D eigenvalue weighted by Gasteiger charge is 2.31. The maximum Gasteiger partial charge on any atom is 0.357 e. The molecule has 0 saturated carbocycles. The van der Waals surface area contributed by atoms with Crippen molar-refractivity contribution in [3.05, 3.63) is 108 Å². The Morgan fingerprint density at radius 3 is 2.20 bits per heavy atom. The Labute approximate surface area is 202 Å². The number of para-hydroxylation sites is 1. The second-order valence-electron chi connectivity index (χ2n) is 8.01. The van der Waals surface area contributed by atoms with Crippen LogP contribution < -0.4 is 0 Å². The molecule has 0 radical (unpaired) electrons. The van der Waals surface area contributed by atoms with E-state index in [9.17, 15) is 9.59 Å². The third kappa shape index (κ3) is 4.08. The van der Waals surface area contributed by atoms with Gasteiger partial charge in [-0.05, 0) is 35.2 Å². The van der Waals surface area contributed by atoms with Crippen LogP contribution in [-0.4, -0.2) is 40.5 Å².